The summed E-state index contributed by atoms with van der Waals surface area (Å²) in [6, 6.07) is 2.42. The van der Waals surface area contributed by atoms with Gasteiger partial charge in [-0.05, 0) is 82.4 Å². The zero-order valence-corrected chi connectivity index (χ0v) is 33.4. The summed E-state index contributed by atoms with van der Waals surface area (Å²) in [5, 5.41) is 5.67. The molecule has 15 nitrogen and oxygen atoms in total. The Morgan fingerprint density at radius 2 is 1.78 bits per heavy atom. The van der Waals surface area contributed by atoms with Crippen LogP contribution in [0.15, 0.2) is 36.5 Å². The van der Waals surface area contributed by atoms with E-state index < -0.39 is 86.4 Å². The van der Waals surface area contributed by atoms with Gasteiger partial charge >= 0.3 is 12.3 Å². The third kappa shape index (κ3) is 8.36. The van der Waals surface area contributed by atoms with Gasteiger partial charge in [0.2, 0.25) is 33.3 Å². The number of pyridine rings is 1. The fourth-order valence-corrected chi connectivity index (χ4v) is 9.30. The van der Waals surface area contributed by atoms with E-state index in [-0.39, 0.29) is 31.2 Å². The highest BCUT2D eigenvalue weighted by molar-refractivity contribution is 7.91. The van der Waals surface area contributed by atoms with Crippen LogP contribution in [-0.4, -0.2) is 103 Å². The number of allylic oxidation sites excluding steroid dienone is 1. The molecule has 1 aromatic carbocycles. The maximum absolute atomic E-state index is 14.8. The molecule has 3 N–H and O–H groups in total. The summed E-state index contributed by atoms with van der Waals surface area (Å²) in [4.78, 5) is 61.8. The molecule has 58 heavy (non-hydrogen) atoms. The lowest BCUT2D eigenvalue weighted by molar-refractivity contribution is -0.244. The highest BCUT2D eigenvalue weighted by atomic mass is 32.2. The number of alkyl halides is 3. The third-order valence-electron chi connectivity index (χ3n) is 11.6. The molecule has 0 spiro atoms. The number of halogens is 3. The van der Waals surface area contributed by atoms with E-state index in [0.29, 0.717) is 81.4 Å². The molecule has 0 unspecified atom stereocenters. The minimum Gasteiger partial charge on any atom is -0.486 e. The summed E-state index contributed by atoms with van der Waals surface area (Å²) in [6.45, 7) is 5.49. The minimum absolute atomic E-state index is 0.0387. The lowest BCUT2D eigenvalue weighted by Crippen LogP contribution is -2.59. The zero-order chi connectivity index (χ0) is 41.8. The van der Waals surface area contributed by atoms with Crippen molar-refractivity contribution in [2.45, 2.75) is 113 Å². The molecule has 19 heteroatoms. The molecule has 2 aliphatic carbocycles. The van der Waals surface area contributed by atoms with Crippen molar-refractivity contribution in [3.63, 3.8) is 0 Å². The van der Waals surface area contributed by atoms with Gasteiger partial charge in [-0.25, -0.2) is 18.2 Å². The molecule has 5 aliphatic rings. The second-order valence-electron chi connectivity index (χ2n) is 16.6. The summed E-state index contributed by atoms with van der Waals surface area (Å²) >= 11 is 0. The Morgan fingerprint density at radius 1 is 1.03 bits per heavy atom. The van der Waals surface area contributed by atoms with Gasteiger partial charge in [0.15, 0.2) is 11.5 Å². The highest BCUT2D eigenvalue weighted by Gasteiger charge is 2.62. The van der Waals surface area contributed by atoms with Crippen molar-refractivity contribution >= 4 is 44.6 Å². The van der Waals surface area contributed by atoms with E-state index in [9.17, 15) is 40.8 Å². The quantitative estimate of drug-likeness (QED) is 0.338. The van der Waals surface area contributed by atoms with Crippen LogP contribution in [0.4, 0.5) is 18.0 Å². The van der Waals surface area contributed by atoms with Gasteiger partial charge < -0.3 is 34.5 Å². The van der Waals surface area contributed by atoms with Crippen LogP contribution in [0.25, 0.3) is 10.8 Å². The largest absolute Gasteiger partial charge is 0.486 e. The van der Waals surface area contributed by atoms with Gasteiger partial charge in [-0.3, -0.25) is 19.1 Å². The molecule has 316 valence electrons. The number of sulfonamides is 1. The molecule has 4 heterocycles. The summed E-state index contributed by atoms with van der Waals surface area (Å²) in [5.41, 5.74) is -4.52. The number of alkyl carbamates (subject to hydrolysis) is 1. The highest BCUT2D eigenvalue weighted by Crippen LogP contribution is 2.46. The smallest absolute Gasteiger partial charge is 0.427 e. The van der Waals surface area contributed by atoms with Crippen molar-refractivity contribution in [2.75, 3.05) is 19.8 Å². The predicted octanol–water partition coefficient (Wildman–Crippen LogP) is 4.29. The number of hydrogen-bond donors (Lipinski definition) is 3. The fraction of sp³-hybridized carbons (Fsp3) is 0.615. The molecule has 4 amide bonds. The molecular weight excluding hydrogens is 788 g/mol. The standard InChI is InChI=1S/C39H48F3N5O10S/c1-21-7-5-6-8-23-19-38(23,35(50)46-58(52,53)25-9-10-25)45-32(48)28-18-24(56-33-27-11-12-29-31(55-16-15-54-29)26(27)13-14-43-33)20-47(28)34(49)30(22(2)17-21)44-36(51)57-37(3,4)39(40,41)42/h6,8,11-14,21-25,28,30H,5,7,9-10,15-20H2,1-4H3,(H,44,51)(H,45,48)(H,46,50)/b8-6-/t21-,22+,23+,24+,28-,30-,38+/m0/s1. The number of carbonyl (C=O) groups excluding carboxylic acids is 4. The van der Waals surface area contributed by atoms with Crippen LogP contribution in [0.5, 0.6) is 17.4 Å². The average Bonchev–Trinajstić information content (AvgIpc) is 4.08. The SMILES string of the molecule is C[C@H]1CC/C=C\[C@@H]2C[C@@]2(C(=O)NS(=O)(=O)C2CC2)NC(=O)[C@@H]2C[C@@H](Oc3nccc4c5c(ccc34)OCCO5)CN2C(=O)[C@@H](NC(=O)OC(C)(C)C(F)(F)F)[C@H](C)C1. The average molecular weight is 836 g/mol. The van der Waals surface area contributed by atoms with Gasteiger partial charge in [0.05, 0.1) is 11.8 Å². The first-order valence-corrected chi connectivity index (χ1v) is 21.1. The monoisotopic (exact) mass is 835 g/mol. The lowest BCUT2D eigenvalue weighted by Gasteiger charge is -2.34. The first-order chi connectivity index (χ1) is 27.3. The number of ether oxygens (including phenoxy) is 4. The second kappa shape index (κ2) is 15.4. The summed E-state index contributed by atoms with van der Waals surface area (Å²) in [5.74, 6) is -2.47. The van der Waals surface area contributed by atoms with E-state index in [1.165, 1.54) is 11.1 Å². The Kier molecular flexibility index (Phi) is 11.0. The van der Waals surface area contributed by atoms with Gasteiger partial charge in [-0.1, -0.05) is 26.0 Å². The lowest BCUT2D eigenvalue weighted by atomic mass is 9.88. The molecule has 1 saturated heterocycles. The number of rotatable bonds is 7. The number of benzene rings is 1. The normalized spacial score (nSPS) is 29.8. The molecule has 7 atom stereocenters. The maximum atomic E-state index is 14.8. The molecule has 3 fully saturated rings. The number of amides is 4. The molecule has 7 rings (SSSR count). The Hall–Kier alpha value is -4.81. The van der Waals surface area contributed by atoms with Crippen LogP contribution < -0.4 is 29.6 Å². The number of aromatic nitrogens is 1. The van der Waals surface area contributed by atoms with Gasteiger partial charge in [-0.2, -0.15) is 13.2 Å². The number of nitrogens with one attached hydrogen (secondary N) is 3. The van der Waals surface area contributed by atoms with Crippen molar-refractivity contribution in [2.24, 2.45) is 17.8 Å². The molecule has 2 saturated carbocycles. The van der Waals surface area contributed by atoms with Gasteiger partial charge in [-0.15, -0.1) is 0 Å². The fourth-order valence-electron chi connectivity index (χ4n) is 7.93. The summed E-state index contributed by atoms with van der Waals surface area (Å²) in [7, 11) is -3.98. The molecule has 3 aliphatic heterocycles. The van der Waals surface area contributed by atoms with E-state index >= 15 is 0 Å². The van der Waals surface area contributed by atoms with Crippen molar-refractivity contribution in [3.05, 3.63) is 36.5 Å². The van der Waals surface area contributed by atoms with Crippen LogP contribution in [0.1, 0.15) is 72.6 Å². The minimum atomic E-state index is -4.92. The Morgan fingerprint density at radius 3 is 2.50 bits per heavy atom. The predicted molar refractivity (Wildman–Crippen MR) is 201 cm³/mol. The topological polar surface area (TPSA) is 192 Å². The van der Waals surface area contributed by atoms with E-state index in [2.05, 4.69) is 20.3 Å². The van der Waals surface area contributed by atoms with Crippen molar-refractivity contribution in [1.82, 2.24) is 25.2 Å². The first-order valence-electron chi connectivity index (χ1n) is 19.5. The van der Waals surface area contributed by atoms with E-state index in [0.717, 1.165) is 0 Å². The number of carbonyl (C=O) groups is 4. The molecule has 1 aromatic heterocycles. The Balaban J connectivity index is 1.22. The summed E-state index contributed by atoms with van der Waals surface area (Å²) in [6.07, 6.45) is 0.204. The van der Waals surface area contributed by atoms with Crippen LogP contribution >= 0.6 is 0 Å². The molecule has 2 aromatic rings. The number of hydrogen-bond acceptors (Lipinski definition) is 11. The number of fused-ring (bicyclic) bond motifs is 5. The van der Waals surface area contributed by atoms with Crippen molar-refractivity contribution < 1.29 is 59.7 Å². The van der Waals surface area contributed by atoms with E-state index in [1.807, 2.05) is 13.0 Å². The number of nitrogens with zero attached hydrogens (tertiary/aromatic N) is 2. The third-order valence-corrected chi connectivity index (χ3v) is 13.4. The summed E-state index contributed by atoms with van der Waals surface area (Å²) < 4.78 is 91.9. The van der Waals surface area contributed by atoms with Gasteiger partial charge in [0.25, 0.3) is 5.91 Å². The Bertz CT molecular complexity index is 2110. The Labute approximate surface area is 333 Å². The van der Waals surface area contributed by atoms with Crippen molar-refractivity contribution in [3.8, 4) is 17.4 Å². The van der Waals surface area contributed by atoms with Crippen LogP contribution in [0, 0.1) is 17.8 Å². The van der Waals surface area contributed by atoms with Crippen molar-refractivity contribution in [1.29, 1.82) is 0 Å². The zero-order valence-electron chi connectivity index (χ0n) is 32.6. The van der Waals surface area contributed by atoms with Crippen LogP contribution in [-0.2, 0) is 29.1 Å². The molecular formula is C39H48F3N5O10S. The van der Waals surface area contributed by atoms with Crippen LogP contribution in [0.3, 0.4) is 0 Å². The molecule has 0 radical (unpaired) electrons. The van der Waals surface area contributed by atoms with Gasteiger partial charge in [0.1, 0.15) is 36.9 Å². The van der Waals surface area contributed by atoms with Gasteiger partial charge in [0, 0.05) is 29.3 Å². The van der Waals surface area contributed by atoms with Crippen LogP contribution in [0.2, 0.25) is 0 Å². The molecule has 0 bridgehead atoms. The van der Waals surface area contributed by atoms with E-state index in [4.69, 9.17) is 18.9 Å². The second-order valence-corrected chi connectivity index (χ2v) is 18.5. The maximum Gasteiger partial charge on any atom is 0.427 e. The van der Waals surface area contributed by atoms with E-state index in [1.54, 1.807) is 31.2 Å². The first kappa shape index (κ1) is 41.4.